The second-order valence-electron chi connectivity index (χ2n) is 16.6. The zero-order chi connectivity index (χ0) is 42.6. The molecule has 1 aromatic heterocycles. The van der Waals surface area contributed by atoms with Crippen molar-refractivity contribution in [1.29, 1.82) is 0 Å². The number of anilines is 3. The van der Waals surface area contributed by atoms with Crippen molar-refractivity contribution in [2.75, 3.05) is 4.90 Å². The lowest BCUT2D eigenvalue weighted by atomic mass is 9.67. The standard InChI is InChI=1S/C61H41FN2/c62-48-31-24-42(25-32-48)43-26-33-50(34-27-43)63(51-35-28-44(29-36-51)45-30-39-60-56(40-45)55-21-11-13-23-59(55)64(60)49-18-8-3-9-19-49)52-37-38-54-53-20-10-12-22-57(53)61(58(54)41-52,46-14-4-1-5-15-46)47-16-6-2-7-17-47/h1-41H. The molecule has 0 fully saturated rings. The molecule has 10 aromatic carbocycles. The van der Waals surface area contributed by atoms with Crippen LogP contribution in [-0.2, 0) is 5.41 Å². The molecule has 0 atom stereocenters. The largest absolute Gasteiger partial charge is 0.310 e. The summed E-state index contributed by atoms with van der Waals surface area (Å²) in [5.74, 6) is -0.241. The van der Waals surface area contributed by atoms with Crippen LogP contribution in [0.25, 0.3) is 60.9 Å². The minimum atomic E-state index is -0.533. The Hall–Kier alpha value is -8.27. The fraction of sp³-hybridized carbons (Fsp3) is 0.0164. The number of halogens is 1. The van der Waals surface area contributed by atoms with Crippen LogP contribution < -0.4 is 4.90 Å². The van der Waals surface area contributed by atoms with E-state index in [9.17, 15) is 4.39 Å². The Balaban J connectivity index is 1.01. The Morgan fingerprint density at radius 3 is 1.48 bits per heavy atom. The summed E-state index contributed by atoms with van der Waals surface area (Å²) in [6.07, 6.45) is 0. The lowest BCUT2D eigenvalue weighted by Gasteiger charge is -2.35. The Morgan fingerprint density at radius 1 is 0.344 bits per heavy atom. The fourth-order valence-electron chi connectivity index (χ4n) is 10.3. The van der Waals surface area contributed by atoms with Gasteiger partial charge in [0.05, 0.1) is 16.4 Å². The number of hydrogen-bond acceptors (Lipinski definition) is 1. The molecule has 0 radical (unpaired) electrons. The van der Waals surface area contributed by atoms with Crippen molar-refractivity contribution in [2.45, 2.75) is 5.41 Å². The van der Waals surface area contributed by atoms with Crippen molar-refractivity contribution in [3.05, 3.63) is 277 Å². The van der Waals surface area contributed by atoms with Gasteiger partial charge in [0.15, 0.2) is 0 Å². The van der Waals surface area contributed by atoms with Gasteiger partial charge >= 0.3 is 0 Å². The van der Waals surface area contributed by atoms with Crippen LogP contribution in [0.1, 0.15) is 22.3 Å². The third-order valence-electron chi connectivity index (χ3n) is 13.1. The highest BCUT2D eigenvalue weighted by Gasteiger charge is 2.46. The van der Waals surface area contributed by atoms with Crippen molar-refractivity contribution < 1.29 is 4.39 Å². The number of benzene rings is 10. The summed E-state index contributed by atoms with van der Waals surface area (Å²) in [5, 5.41) is 2.46. The zero-order valence-corrected chi connectivity index (χ0v) is 34.9. The minimum absolute atomic E-state index is 0.241. The van der Waals surface area contributed by atoms with Gasteiger partial charge in [-0.2, -0.15) is 0 Å². The highest BCUT2D eigenvalue weighted by atomic mass is 19.1. The molecule has 2 nitrogen and oxygen atoms in total. The molecule has 64 heavy (non-hydrogen) atoms. The highest BCUT2D eigenvalue weighted by Crippen LogP contribution is 2.57. The summed E-state index contributed by atoms with van der Waals surface area (Å²) in [7, 11) is 0. The molecule has 0 saturated carbocycles. The van der Waals surface area contributed by atoms with Crippen LogP contribution in [0.15, 0.2) is 249 Å². The van der Waals surface area contributed by atoms with Crippen molar-refractivity contribution >= 4 is 38.9 Å². The molecule has 0 aliphatic heterocycles. The number of nitrogens with zero attached hydrogens (tertiary/aromatic N) is 2. The van der Waals surface area contributed by atoms with Crippen LogP contribution in [0.5, 0.6) is 0 Å². The average molecular weight is 821 g/mol. The maximum absolute atomic E-state index is 13.9. The SMILES string of the molecule is Fc1ccc(-c2ccc(N(c3ccc(-c4ccc5c(c4)c4ccccc4n5-c4ccccc4)cc3)c3ccc4c(c3)C(c3ccccc3)(c3ccccc3)c3ccccc3-4)cc2)cc1. The van der Waals surface area contributed by atoms with Gasteiger partial charge in [0, 0.05) is 33.5 Å². The van der Waals surface area contributed by atoms with E-state index in [0.717, 1.165) is 45.0 Å². The first-order valence-corrected chi connectivity index (χ1v) is 21.9. The fourth-order valence-corrected chi connectivity index (χ4v) is 10.3. The monoisotopic (exact) mass is 820 g/mol. The van der Waals surface area contributed by atoms with E-state index < -0.39 is 5.41 Å². The molecule has 0 saturated heterocycles. The van der Waals surface area contributed by atoms with E-state index >= 15 is 0 Å². The molecule has 302 valence electrons. The molecule has 1 aliphatic rings. The quantitative estimate of drug-likeness (QED) is 0.148. The van der Waals surface area contributed by atoms with Gasteiger partial charge in [-0.15, -0.1) is 0 Å². The number of para-hydroxylation sites is 2. The predicted octanol–water partition coefficient (Wildman–Crippen LogP) is 16.1. The van der Waals surface area contributed by atoms with Crippen LogP contribution in [0.4, 0.5) is 21.5 Å². The summed E-state index contributed by atoms with van der Waals surface area (Å²) in [6.45, 7) is 0. The third-order valence-corrected chi connectivity index (χ3v) is 13.1. The Labute approximate surface area is 372 Å². The van der Waals surface area contributed by atoms with E-state index in [1.165, 1.54) is 67.3 Å². The summed E-state index contributed by atoms with van der Waals surface area (Å²) >= 11 is 0. The molecule has 3 heteroatoms. The molecule has 0 amide bonds. The van der Waals surface area contributed by atoms with E-state index in [1.54, 1.807) is 0 Å². The normalized spacial score (nSPS) is 12.6. The Bertz CT molecular complexity index is 3430. The Morgan fingerprint density at radius 2 is 0.828 bits per heavy atom. The van der Waals surface area contributed by atoms with Gasteiger partial charge in [-0.25, -0.2) is 4.39 Å². The molecule has 1 heterocycles. The first-order valence-electron chi connectivity index (χ1n) is 21.9. The number of hydrogen-bond donors (Lipinski definition) is 0. The second kappa shape index (κ2) is 15.3. The summed E-state index contributed by atoms with van der Waals surface area (Å²) in [6, 6.07) is 88.2. The van der Waals surface area contributed by atoms with E-state index in [1.807, 2.05) is 12.1 Å². The maximum atomic E-state index is 13.9. The van der Waals surface area contributed by atoms with Crippen LogP contribution in [0.2, 0.25) is 0 Å². The predicted molar refractivity (Wildman–Crippen MR) is 264 cm³/mol. The van der Waals surface area contributed by atoms with Gasteiger partial charge in [0.25, 0.3) is 0 Å². The first-order chi connectivity index (χ1) is 31.6. The summed E-state index contributed by atoms with van der Waals surface area (Å²) < 4.78 is 16.3. The second-order valence-corrected chi connectivity index (χ2v) is 16.6. The van der Waals surface area contributed by atoms with Crippen molar-refractivity contribution in [3.8, 4) is 39.1 Å². The van der Waals surface area contributed by atoms with Gasteiger partial charge in [-0.05, 0) is 134 Å². The topological polar surface area (TPSA) is 8.17 Å². The van der Waals surface area contributed by atoms with Crippen LogP contribution >= 0.6 is 0 Å². The van der Waals surface area contributed by atoms with Gasteiger partial charge in [-0.3, -0.25) is 0 Å². The molecule has 1 aliphatic carbocycles. The van der Waals surface area contributed by atoms with E-state index in [4.69, 9.17) is 0 Å². The minimum Gasteiger partial charge on any atom is -0.310 e. The van der Waals surface area contributed by atoms with E-state index in [2.05, 4.69) is 234 Å². The van der Waals surface area contributed by atoms with Gasteiger partial charge in [0.1, 0.15) is 5.82 Å². The smallest absolute Gasteiger partial charge is 0.123 e. The van der Waals surface area contributed by atoms with Crippen LogP contribution in [-0.4, -0.2) is 4.57 Å². The lowest BCUT2D eigenvalue weighted by molar-refractivity contribution is 0.628. The van der Waals surface area contributed by atoms with Gasteiger partial charge in [-0.1, -0.05) is 170 Å². The van der Waals surface area contributed by atoms with E-state index in [-0.39, 0.29) is 5.82 Å². The summed E-state index contributed by atoms with van der Waals surface area (Å²) in [4.78, 5) is 2.36. The molecule has 0 N–H and O–H groups in total. The van der Waals surface area contributed by atoms with Crippen molar-refractivity contribution in [1.82, 2.24) is 4.57 Å². The average Bonchev–Trinajstić information content (AvgIpc) is 3.86. The first kappa shape index (κ1) is 37.5. The molecular weight excluding hydrogens is 780 g/mol. The molecule has 0 bridgehead atoms. The van der Waals surface area contributed by atoms with Crippen molar-refractivity contribution in [2.24, 2.45) is 0 Å². The maximum Gasteiger partial charge on any atom is 0.123 e. The molecule has 12 rings (SSSR count). The summed E-state index contributed by atoms with van der Waals surface area (Å²) in [5.41, 5.74) is 17.9. The number of fused-ring (bicyclic) bond motifs is 6. The van der Waals surface area contributed by atoms with Gasteiger partial charge < -0.3 is 9.47 Å². The van der Waals surface area contributed by atoms with E-state index in [0.29, 0.717) is 0 Å². The van der Waals surface area contributed by atoms with Crippen LogP contribution in [0.3, 0.4) is 0 Å². The van der Waals surface area contributed by atoms with Crippen molar-refractivity contribution in [3.63, 3.8) is 0 Å². The molecule has 0 unspecified atom stereocenters. The highest BCUT2D eigenvalue weighted by molar-refractivity contribution is 6.10. The molecular formula is C61H41FN2. The number of rotatable bonds is 8. The zero-order valence-electron chi connectivity index (χ0n) is 34.9. The molecule has 11 aromatic rings. The molecule has 0 spiro atoms. The Kier molecular flexibility index (Phi) is 8.94. The third kappa shape index (κ3) is 6.00. The van der Waals surface area contributed by atoms with Gasteiger partial charge in [0.2, 0.25) is 0 Å². The number of aromatic nitrogens is 1. The lowest BCUT2D eigenvalue weighted by Crippen LogP contribution is -2.28. The van der Waals surface area contributed by atoms with Crippen LogP contribution in [0, 0.1) is 5.82 Å².